The van der Waals surface area contributed by atoms with Gasteiger partial charge in [-0.25, -0.2) is 13.1 Å². The van der Waals surface area contributed by atoms with Crippen molar-refractivity contribution in [2.75, 3.05) is 20.3 Å². The van der Waals surface area contributed by atoms with E-state index in [1.165, 1.54) is 31.4 Å². The summed E-state index contributed by atoms with van der Waals surface area (Å²) in [6.45, 7) is 6.89. The summed E-state index contributed by atoms with van der Waals surface area (Å²) in [5.41, 5.74) is 5.39. The number of amides is 1. The highest BCUT2D eigenvalue weighted by atomic mass is 32.2. The molecule has 0 heterocycles. The minimum absolute atomic E-state index is 0.0702. The molecule has 152 valence electrons. The second kappa shape index (κ2) is 11.2. The Morgan fingerprint density at radius 1 is 1.15 bits per heavy atom. The summed E-state index contributed by atoms with van der Waals surface area (Å²) in [7, 11) is -2.18. The zero-order valence-corrected chi connectivity index (χ0v) is 17.7. The van der Waals surface area contributed by atoms with Crippen LogP contribution in [-0.4, -0.2) is 45.7 Å². The molecule has 0 unspecified atom stereocenters. The molecule has 1 aromatic carbocycles. The third-order valence-corrected chi connectivity index (χ3v) is 5.35. The molecule has 1 amide bonds. The van der Waals surface area contributed by atoms with Gasteiger partial charge in [-0.15, -0.1) is 0 Å². The summed E-state index contributed by atoms with van der Waals surface area (Å²) in [6, 6.07) is 5.24. The van der Waals surface area contributed by atoms with Crippen molar-refractivity contribution in [3.63, 3.8) is 0 Å². The summed E-state index contributed by atoms with van der Waals surface area (Å²) in [4.78, 5) is 12.2. The number of nitrogens with one attached hydrogen (secondary N) is 4. The second-order valence-electron chi connectivity index (χ2n) is 6.52. The Bertz CT molecular complexity index is 721. The number of methoxy groups -OCH3 is 1. The standard InChI is InChI=1S/C17H28N4O4S2/c1-12(2)9-10-18-17(26)20-19-16(22)14-5-7-15(8-6-14)27(23,24)21-13(3)11-25-4/h5-8,12-13,21H,9-11H2,1-4H3,(H,19,22)(H2,18,20,26)/t13-/m0/s1. The quantitative estimate of drug-likeness (QED) is 0.353. The molecule has 1 atom stereocenters. The van der Waals surface area contributed by atoms with Gasteiger partial charge >= 0.3 is 0 Å². The van der Waals surface area contributed by atoms with E-state index in [-0.39, 0.29) is 17.5 Å². The number of ether oxygens (including phenoxy) is 1. The predicted octanol–water partition coefficient (Wildman–Crippen LogP) is 1.15. The third-order valence-electron chi connectivity index (χ3n) is 3.50. The van der Waals surface area contributed by atoms with Gasteiger partial charge in [0.1, 0.15) is 0 Å². The summed E-state index contributed by atoms with van der Waals surface area (Å²) in [5.74, 6) is 0.129. The van der Waals surface area contributed by atoms with Crippen LogP contribution in [0.5, 0.6) is 0 Å². The minimum Gasteiger partial charge on any atom is -0.383 e. The number of thiocarbonyl (C=S) groups is 1. The SMILES string of the molecule is COC[C@H](C)NS(=O)(=O)c1ccc(C(=O)NNC(=S)NCCC(C)C)cc1. The van der Waals surface area contributed by atoms with Gasteiger partial charge in [-0.05, 0) is 55.7 Å². The Hall–Kier alpha value is -1.75. The summed E-state index contributed by atoms with van der Waals surface area (Å²) in [5, 5.41) is 3.31. The number of sulfonamides is 1. The molecule has 8 nitrogen and oxygen atoms in total. The van der Waals surface area contributed by atoms with E-state index in [9.17, 15) is 13.2 Å². The first-order valence-corrected chi connectivity index (χ1v) is 10.5. The van der Waals surface area contributed by atoms with E-state index in [1.54, 1.807) is 6.92 Å². The highest BCUT2D eigenvalue weighted by Gasteiger charge is 2.18. The van der Waals surface area contributed by atoms with Crippen LogP contribution in [0.1, 0.15) is 37.6 Å². The van der Waals surface area contributed by atoms with Crippen LogP contribution >= 0.6 is 12.2 Å². The Morgan fingerprint density at radius 2 is 1.78 bits per heavy atom. The normalized spacial score (nSPS) is 12.5. The van der Waals surface area contributed by atoms with Crippen molar-refractivity contribution in [3.8, 4) is 0 Å². The lowest BCUT2D eigenvalue weighted by molar-refractivity contribution is 0.0943. The van der Waals surface area contributed by atoms with Gasteiger partial charge in [0.15, 0.2) is 5.11 Å². The molecule has 0 bridgehead atoms. The second-order valence-corrected chi connectivity index (χ2v) is 8.64. The fraction of sp³-hybridized carbons (Fsp3) is 0.529. The lowest BCUT2D eigenvalue weighted by Gasteiger charge is -2.14. The van der Waals surface area contributed by atoms with E-state index in [1.807, 2.05) is 0 Å². The molecule has 27 heavy (non-hydrogen) atoms. The van der Waals surface area contributed by atoms with Crippen LogP contribution in [0, 0.1) is 5.92 Å². The van der Waals surface area contributed by atoms with Crippen molar-refractivity contribution in [1.82, 2.24) is 20.9 Å². The number of hydrogen-bond acceptors (Lipinski definition) is 5. The lowest BCUT2D eigenvalue weighted by atomic mass is 10.1. The average molecular weight is 417 g/mol. The van der Waals surface area contributed by atoms with E-state index in [0.29, 0.717) is 23.1 Å². The molecule has 0 aliphatic carbocycles. The Kier molecular flexibility index (Phi) is 9.64. The lowest BCUT2D eigenvalue weighted by Crippen LogP contribution is -2.47. The van der Waals surface area contributed by atoms with Gasteiger partial charge in [0.05, 0.1) is 11.5 Å². The first-order valence-electron chi connectivity index (χ1n) is 8.61. The Balaban J connectivity index is 2.57. The van der Waals surface area contributed by atoms with E-state index in [0.717, 1.165) is 6.42 Å². The minimum atomic E-state index is -3.68. The average Bonchev–Trinajstić information content (AvgIpc) is 2.59. The van der Waals surface area contributed by atoms with Gasteiger partial charge in [0.25, 0.3) is 5.91 Å². The van der Waals surface area contributed by atoms with Crippen LogP contribution in [-0.2, 0) is 14.8 Å². The Morgan fingerprint density at radius 3 is 2.33 bits per heavy atom. The molecule has 0 saturated heterocycles. The van der Waals surface area contributed by atoms with Crippen molar-refractivity contribution in [3.05, 3.63) is 29.8 Å². The van der Waals surface area contributed by atoms with Gasteiger partial charge < -0.3 is 10.1 Å². The molecule has 0 aliphatic rings. The fourth-order valence-corrected chi connectivity index (χ4v) is 3.49. The zero-order valence-electron chi connectivity index (χ0n) is 16.0. The van der Waals surface area contributed by atoms with Gasteiger partial charge in [0, 0.05) is 25.3 Å². The molecule has 0 aliphatic heterocycles. The number of hydrogen-bond donors (Lipinski definition) is 4. The fourth-order valence-electron chi connectivity index (χ4n) is 2.11. The largest absolute Gasteiger partial charge is 0.383 e. The summed E-state index contributed by atoms with van der Waals surface area (Å²) >= 11 is 5.07. The Labute approximate surface area is 166 Å². The topological polar surface area (TPSA) is 109 Å². The molecule has 4 N–H and O–H groups in total. The molecule has 0 saturated carbocycles. The maximum Gasteiger partial charge on any atom is 0.269 e. The zero-order chi connectivity index (χ0) is 20.4. The van der Waals surface area contributed by atoms with Crippen LogP contribution < -0.4 is 20.9 Å². The van der Waals surface area contributed by atoms with Gasteiger partial charge in [-0.3, -0.25) is 15.6 Å². The molecule has 0 fully saturated rings. The monoisotopic (exact) mass is 416 g/mol. The number of carbonyl (C=O) groups is 1. The number of carbonyl (C=O) groups excluding carboxylic acids is 1. The molecule has 10 heteroatoms. The number of benzene rings is 1. The maximum atomic E-state index is 12.3. The number of rotatable bonds is 9. The van der Waals surface area contributed by atoms with Crippen LogP contribution in [0.25, 0.3) is 0 Å². The first-order chi connectivity index (χ1) is 12.7. The van der Waals surface area contributed by atoms with E-state index >= 15 is 0 Å². The van der Waals surface area contributed by atoms with E-state index < -0.39 is 15.9 Å². The molecule has 0 aromatic heterocycles. The van der Waals surface area contributed by atoms with Gasteiger partial charge in [0.2, 0.25) is 10.0 Å². The highest BCUT2D eigenvalue weighted by Crippen LogP contribution is 2.11. The molecule has 0 radical (unpaired) electrons. The molecule has 0 spiro atoms. The molecule has 1 rings (SSSR count). The van der Waals surface area contributed by atoms with Crippen molar-refractivity contribution in [2.45, 2.75) is 38.1 Å². The maximum absolute atomic E-state index is 12.3. The van der Waals surface area contributed by atoms with Crippen LogP contribution in [0.3, 0.4) is 0 Å². The molecular formula is C17H28N4O4S2. The summed E-state index contributed by atoms with van der Waals surface area (Å²) in [6.07, 6.45) is 0.961. The van der Waals surface area contributed by atoms with E-state index in [4.69, 9.17) is 17.0 Å². The molecule has 1 aromatic rings. The van der Waals surface area contributed by atoms with Crippen molar-refractivity contribution in [1.29, 1.82) is 0 Å². The van der Waals surface area contributed by atoms with Crippen LogP contribution in [0.15, 0.2) is 29.2 Å². The highest BCUT2D eigenvalue weighted by molar-refractivity contribution is 7.89. The van der Waals surface area contributed by atoms with Crippen molar-refractivity contribution >= 4 is 33.3 Å². The number of hydrazine groups is 1. The van der Waals surface area contributed by atoms with Crippen molar-refractivity contribution in [2.24, 2.45) is 5.92 Å². The van der Waals surface area contributed by atoms with Gasteiger partial charge in [-0.1, -0.05) is 13.8 Å². The van der Waals surface area contributed by atoms with Gasteiger partial charge in [-0.2, -0.15) is 0 Å². The third kappa shape index (κ3) is 8.65. The van der Waals surface area contributed by atoms with E-state index in [2.05, 4.69) is 34.7 Å². The smallest absolute Gasteiger partial charge is 0.269 e. The van der Waals surface area contributed by atoms with Crippen molar-refractivity contribution < 1.29 is 17.9 Å². The predicted molar refractivity (Wildman–Crippen MR) is 109 cm³/mol. The summed E-state index contributed by atoms with van der Waals surface area (Å²) < 4.78 is 31.9. The molecular weight excluding hydrogens is 388 g/mol. The van der Waals surface area contributed by atoms with Crippen LogP contribution in [0.4, 0.5) is 0 Å². The first kappa shape index (κ1) is 23.3. The van der Waals surface area contributed by atoms with Crippen LogP contribution in [0.2, 0.25) is 0 Å².